The summed E-state index contributed by atoms with van der Waals surface area (Å²) in [6, 6.07) is 8.95. The molecule has 5 heteroatoms. The van der Waals surface area contributed by atoms with Crippen molar-refractivity contribution in [3.63, 3.8) is 0 Å². The Hall–Kier alpha value is -0.480. The summed E-state index contributed by atoms with van der Waals surface area (Å²) < 4.78 is 5.85. The van der Waals surface area contributed by atoms with E-state index in [0.29, 0.717) is 6.04 Å². The van der Waals surface area contributed by atoms with Crippen molar-refractivity contribution in [2.75, 3.05) is 33.8 Å². The van der Waals surface area contributed by atoms with Crippen molar-refractivity contribution in [2.45, 2.75) is 38.6 Å². The summed E-state index contributed by atoms with van der Waals surface area (Å²) in [4.78, 5) is 2.29. The maximum absolute atomic E-state index is 5.85. The molecule has 0 aromatic heterocycles. The van der Waals surface area contributed by atoms with Crippen LogP contribution in [0.5, 0.6) is 5.75 Å². The third-order valence-electron chi connectivity index (χ3n) is 4.34. The minimum absolute atomic E-state index is 0. The molecule has 0 bridgehead atoms. The summed E-state index contributed by atoms with van der Waals surface area (Å²) in [6.07, 6.45) is 5.05. The molecule has 0 amide bonds. The number of hydrogen-bond donors (Lipinski definition) is 1. The molecule has 1 N–H and O–H groups in total. The molecule has 23 heavy (non-hydrogen) atoms. The number of piperidine rings is 1. The van der Waals surface area contributed by atoms with Crippen LogP contribution in [0.4, 0.5) is 0 Å². The molecule has 1 saturated heterocycles. The molecular weight excluding hydrogens is 331 g/mol. The fourth-order valence-corrected chi connectivity index (χ4v) is 2.97. The predicted octanol–water partition coefficient (Wildman–Crippen LogP) is 3.93. The lowest BCUT2D eigenvalue weighted by Gasteiger charge is -2.31. The zero-order valence-electron chi connectivity index (χ0n) is 14.6. The van der Waals surface area contributed by atoms with Crippen molar-refractivity contribution in [1.82, 2.24) is 10.2 Å². The quantitative estimate of drug-likeness (QED) is 0.795. The molecule has 2 atom stereocenters. The van der Waals surface area contributed by atoms with Gasteiger partial charge in [0, 0.05) is 6.04 Å². The van der Waals surface area contributed by atoms with Gasteiger partial charge in [0.15, 0.2) is 0 Å². The van der Waals surface area contributed by atoms with Crippen LogP contribution in [-0.4, -0.2) is 44.7 Å². The molecule has 1 aromatic rings. The Kier molecular flexibility index (Phi) is 11.7. The molecule has 3 nitrogen and oxygen atoms in total. The van der Waals surface area contributed by atoms with Crippen LogP contribution < -0.4 is 10.1 Å². The van der Waals surface area contributed by atoms with Gasteiger partial charge in [-0.3, -0.25) is 0 Å². The molecule has 0 aliphatic carbocycles. The van der Waals surface area contributed by atoms with Crippen molar-refractivity contribution >= 4 is 24.8 Å². The Labute approximate surface area is 154 Å². The van der Waals surface area contributed by atoms with E-state index in [4.69, 9.17) is 4.74 Å². The van der Waals surface area contributed by atoms with Crippen molar-refractivity contribution in [3.05, 3.63) is 29.8 Å². The van der Waals surface area contributed by atoms with Gasteiger partial charge in [-0.1, -0.05) is 17.7 Å². The predicted molar refractivity (Wildman–Crippen MR) is 103 cm³/mol. The lowest BCUT2D eigenvalue weighted by molar-refractivity contribution is 0.222. The van der Waals surface area contributed by atoms with Crippen LogP contribution in [0.1, 0.15) is 31.2 Å². The summed E-state index contributed by atoms with van der Waals surface area (Å²) in [6.45, 7) is 5.27. The average molecular weight is 363 g/mol. The van der Waals surface area contributed by atoms with Gasteiger partial charge in [-0.2, -0.15) is 0 Å². The number of rotatable bonds is 7. The maximum Gasteiger partial charge on any atom is 0.119 e. The van der Waals surface area contributed by atoms with E-state index in [1.807, 2.05) is 0 Å². The van der Waals surface area contributed by atoms with Crippen LogP contribution in [-0.2, 0) is 0 Å². The second-order valence-electron chi connectivity index (χ2n) is 6.58. The second kappa shape index (κ2) is 12.0. The third-order valence-corrected chi connectivity index (χ3v) is 4.34. The number of benzene rings is 1. The van der Waals surface area contributed by atoms with E-state index in [1.165, 1.54) is 31.4 Å². The largest absolute Gasteiger partial charge is 0.494 e. The Morgan fingerprint density at radius 1 is 1.13 bits per heavy atom. The molecular formula is C18H32Cl2N2O. The monoisotopic (exact) mass is 362 g/mol. The molecule has 2 unspecified atom stereocenters. The van der Waals surface area contributed by atoms with Crippen molar-refractivity contribution in [1.29, 1.82) is 0 Å². The molecule has 0 radical (unpaired) electrons. The van der Waals surface area contributed by atoms with Gasteiger partial charge in [0.25, 0.3) is 0 Å². The highest BCUT2D eigenvalue weighted by Gasteiger charge is 2.21. The van der Waals surface area contributed by atoms with Gasteiger partial charge in [-0.05, 0) is 77.8 Å². The van der Waals surface area contributed by atoms with Crippen LogP contribution in [0.3, 0.4) is 0 Å². The Bertz CT molecular complexity index is 412. The molecule has 0 spiro atoms. The first-order chi connectivity index (χ1) is 10.1. The number of nitrogens with zero attached hydrogens (tertiary/aromatic N) is 1. The Morgan fingerprint density at radius 2 is 1.83 bits per heavy atom. The third kappa shape index (κ3) is 8.80. The molecule has 1 fully saturated rings. The summed E-state index contributed by atoms with van der Waals surface area (Å²) in [5.74, 6) is 1.86. The van der Waals surface area contributed by atoms with Gasteiger partial charge < -0.3 is 15.0 Å². The highest BCUT2D eigenvalue weighted by molar-refractivity contribution is 5.85. The summed E-state index contributed by atoms with van der Waals surface area (Å²) >= 11 is 0. The number of aryl methyl sites for hydroxylation is 1. The van der Waals surface area contributed by atoms with E-state index in [1.54, 1.807) is 0 Å². The fraction of sp³-hybridized carbons (Fsp3) is 0.667. The molecule has 0 saturated carbocycles. The summed E-state index contributed by atoms with van der Waals surface area (Å²) in [5.41, 5.74) is 1.28. The highest BCUT2D eigenvalue weighted by Crippen LogP contribution is 2.22. The van der Waals surface area contributed by atoms with Gasteiger partial charge in [0.05, 0.1) is 6.61 Å². The average Bonchev–Trinajstić information content (AvgIpc) is 2.48. The number of halogens is 2. The first kappa shape index (κ1) is 22.5. The Balaban J connectivity index is 0.00000242. The topological polar surface area (TPSA) is 24.5 Å². The van der Waals surface area contributed by atoms with E-state index in [0.717, 1.165) is 31.2 Å². The van der Waals surface area contributed by atoms with Crippen LogP contribution in [0, 0.1) is 12.8 Å². The van der Waals surface area contributed by atoms with Gasteiger partial charge in [0.2, 0.25) is 0 Å². The van der Waals surface area contributed by atoms with Gasteiger partial charge in [0.1, 0.15) is 5.75 Å². The van der Waals surface area contributed by atoms with E-state index >= 15 is 0 Å². The fourth-order valence-electron chi connectivity index (χ4n) is 2.97. The van der Waals surface area contributed by atoms with E-state index in [-0.39, 0.29) is 24.8 Å². The van der Waals surface area contributed by atoms with Gasteiger partial charge in [-0.15, -0.1) is 24.8 Å². The lowest BCUT2D eigenvalue weighted by atomic mass is 9.88. The number of nitrogens with one attached hydrogen (secondary N) is 1. The van der Waals surface area contributed by atoms with Crippen molar-refractivity contribution in [2.24, 2.45) is 5.92 Å². The number of ether oxygens (including phenoxy) is 1. The molecule has 134 valence electrons. The standard InChI is InChI=1S/C18H30N2O.2ClH/c1-15-4-6-18(7-5-15)21-13-10-17-14-16(8-11-19-17)9-12-20(2)3;;/h4-7,16-17,19H,8-14H2,1-3H3;2*1H. The molecule has 2 rings (SSSR count). The van der Waals surface area contributed by atoms with Crippen LogP contribution in [0.25, 0.3) is 0 Å². The van der Waals surface area contributed by atoms with Gasteiger partial charge in [-0.25, -0.2) is 0 Å². The zero-order valence-corrected chi connectivity index (χ0v) is 16.2. The smallest absolute Gasteiger partial charge is 0.119 e. The normalized spacial score (nSPS) is 20.5. The molecule has 1 aliphatic heterocycles. The first-order valence-electron chi connectivity index (χ1n) is 8.21. The van der Waals surface area contributed by atoms with E-state index < -0.39 is 0 Å². The van der Waals surface area contributed by atoms with Crippen LogP contribution in [0.2, 0.25) is 0 Å². The summed E-state index contributed by atoms with van der Waals surface area (Å²) in [7, 11) is 4.32. The van der Waals surface area contributed by atoms with Crippen molar-refractivity contribution < 1.29 is 4.74 Å². The Morgan fingerprint density at radius 3 is 2.48 bits per heavy atom. The molecule has 1 aromatic carbocycles. The zero-order chi connectivity index (χ0) is 15.1. The van der Waals surface area contributed by atoms with Gasteiger partial charge >= 0.3 is 0 Å². The summed E-state index contributed by atoms with van der Waals surface area (Å²) in [5, 5.41) is 3.64. The van der Waals surface area contributed by atoms with Crippen LogP contribution >= 0.6 is 24.8 Å². The van der Waals surface area contributed by atoms with Crippen molar-refractivity contribution in [3.8, 4) is 5.75 Å². The maximum atomic E-state index is 5.85. The molecule has 1 aliphatic rings. The highest BCUT2D eigenvalue weighted by atomic mass is 35.5. The first-order valence-corrected chi connectivity index (χ1v) is 8.21. The van der Waals surface area contributed by atoms with E-state index in [9.17, 15) is 0 Å². The van der Waals surface area contributed by atoms with E-state index in [2.05, 4.69) is 55.5 Å². The second-order valence-corrected chi connectivity index (χ2v) is 6.58. The minimum Gasteiger partial charge on any atom is -0.494 e. The molecule has 1 heterocycles. The minimum atomic E-state index is 0. The van der Waals surface area contributed by atoms with Crippen LogP contribution in [0.15, 0.2) is 24.3 Å². The SMILES string of the molecule is Cc1ccc(OCCC2CC(CCN(C)C)CCN2)cc1.Cl.Cl. The number of hydrogen-bond acceptors (Lipinski definition) is 3. The lowest BCUT2D eigenvalue weighted by Crippen LogP contribution is -2.39.